The summed E-state index contributed by atoms with van der Waals surface area (Å²) in [6, 6.07) is 12.7. The summed E-state index contributed by atoms with van der Waals surface area (Å²) in [7, 11) is -3.71. The molecule has 1 atom stereocenters. The number of aliphatic carboxylic acids is 1. The van der Waals surface area contributed by atoms with Crippen molar-refractivity contribution in [1.29, 1.82) is 0 Å². The molecule has 32 heavy (non-hydrogen) atoms. The molecule has 0 fully saturated rings. The number of nitrogens with zero attached hydrogens (tertiary/aromatic N) is 1. The molecular weight excluding hydrogens is 453 g/mol. The van der Waals surface area contributed by atoms with E-state index in [1.165, 1.54) is 17.8 Å². The molecule has 0 spiro atoms. The summed E-state index contributed by atoms with van der Waals surface area (Å²) in [5.74, 6) is -3.19. The van der Waals surface area contributed by atoms with Gasteiger partial charge < -0.3 is 14.7 Å². The quantitative estimate of drug-likeness (QED) is 0.323. The van der Waals surface area contributed by atoms with E-state index in [0.717, 1.165) is 18.5 Å². The number of thioether (sulfide) groups is 1. The number of benzene rings is 2. The molecular formula is C23H26FNO5S2. The van der Waals surface area contributed by atoms with Crippen molar-refractivity contribution in [2.45, 2.75) is 36.5 Å². The maximum absolute atomic E-state index is 13.5. The molecule has 1 heterocycles. The van der Waals surface area contributed by atoms with Gasteiger partial charge in [-0.05, 0) is 36.3 Å². The minimum atomic E-state index is -3.71. The first-order valence-corrected chi connectivity index (χ1v) is 13.0. The lowest BCUT2D eigenvalue weighted by Crippen LogP contribution is -2.35. The van der Waals surface area contributed by atoms with Gasteiger partial charge in [-0.3, -0.25) is 0 Å². The monoisotopic (exact) mass is 479 g/mol. The Morgan fingerprint density at radius 1 is 1.31 bits per heavy atom. The molecule has 9 heteroatoms. The van der Waals surface area contributed by atoms with Crippen molar-refractivity contribution in [2.75, 3.05) is 23.5 Å². The van der Waals surface area contributed by atoms with Gasteiger partial charge in [0, 0.05) is 18.3 Å². The second kappa shape index (κ2) is 9.54. The molecule has 0 amide bonds. The van der Waals surface area contributed by atoms with Crippen LogP contribution in [0.1, 0.15) is 26.7 Å². The summed E-state index contributed by atoms with van der Waals surface area (Å²) in [6.45, 7) is 4.52. The number of hydrogen-bond donors (Lipinski definition) is 1. The molecule has 0 saturated carbocycles. The Balaban J connectivity index is 2.23. The fourth-order valence-corrected chi connectivity index (χ4v) is 6.67. The molecule has 1 aliphatic rings. The van der Waals surface area contributed by atoms with Crippen LogP contribution >= 0.6 is 11.8 Å². The Hall–Kier alpha value is -2.52. The Labute approximate surface area is 192 Å². The van der Waals surface area contributed by atoms with Crippen molar-refractivity contribution in [3.05, 3.63) is 54.6 Å². The summed E-state index contributed by atoms with van der Waals surface area (Å²) >= 11 is 1.30. The number of carboxylic acid groups (broad SMARTS) is 1. The molecule has 1 N–H and O–H groups in total. The third-order valence-electron chi connectivity index (χ3n) is 5.36. The number of para-hydroxylation sites is 1. The maximum Gasteiger partial charge on any atom is 0.368 e. The van der Waals surface area contributed by atoms with Crippen molar-refractivity contribution in [2.24, 2.45) is 5.41 Å². The van der Waals surface area contributed by atoms with Crippen LogP contribution in [-0.4, -0.2) is 38.0 Å². The highest BCUT2D eigenvalue weighted by Crippen LogP contribution is 2.46. The molecule has 0 bridgehead atoms. The van der Waals surface area contributed by atoms with E-state index in [0.29, 0.717) is 23.4 Å². The number of ether oxygens (including phenoxy) is 1. The lowest BCUT2D eigenvalue weighted by atomic mass is 9.87. The molecule has 2 aromatic carbocycles. The van der Waals surface area contributed by atoms with E-state index in [-0.39, 0.29) is 16.4 Å². The van der Waals surface area contributed by atoms with Crippen LogP contribution in [0.5, 0.6) is 5.75 Å². The third kappa shape index (κ3) is 5.10. The SMILES string of the molecule is CCC[C@@]1(C)CN(c2ccccc2)c2cc(SC)c(O/C=C(\F)C(=O)O)cc2S(=O)(=O)C1. The predicted molar refractivity (Wildman–Crippen MR) is 124 cm³/mol. The second-order valence-corrected chi connectivity index (χ2v) is 10.9. The zero-order valence-corrected chi connectivity index (χ0v) is 19.8. The molecule has 0 radical (unpaired) electrons. The Bertz CT molecular complexity index is 1130. The van der Waals surface area contributed by atoms with E-state index in [1.807, 2.05) is 49.1 Å². The third-order valence-corrected chi connectivity index (χ3v) is 8.20. The standard InChI is InChI=1S/C23H26FNO5S2/c1-4-10-23(2)14-25(16-8-6-5-7-9-16)18-11-20(31-3)19(30-13-17(24)22(26)27)12-21(18)32(28,29)15-23/h5-9,11-13H,4,10,14-15H2,1-3H3,(H,26,27)/b17-13-/t23-/m0/s1. The van der Waals surface area contributed by atoms with Crippen molar-refractivity contribution >= 4 is 38.9 Å². The molecule has 172 valence electrons. The van der Waals surface area contributed by atoms with Crippen molar-refractivity contribution in [1.82, 2.24) is 0 Å². The summed E-state index contributed by atoms with van der Waals surface area (Å²) in [6.07, 6.45) is 3.83. The number of halogens is 1. The number of fused-ring (bicyclic) bond motifs is 1. The second-order valence-electron chi connectivity index (χ2n) is 8.10. The van der Waals surface area contributed by atoms with Gasteiger partial charge in [0.1, 0.15) is 12.0 Å². The van der Waals surface area contributed by atoms with Gasteiger partial charge in [-0.1, -0.05) is 38.5 Å². The van der Waals surface area contributed by atoms with E-state index in [9.17, 15) is 17.6 Å². The van der Waals surface area contributed by atoms with Crippen molar-refractivity contribution in [3.8, 4) is 5.75 Å². The predicted octanol–water partition coefficient (Wildman–Crippen LogP) is 5.41. The molecule has 0 saturated heterocycles. The first-order valence-electron chi connectivity index (χ1n) is 10.1. The number of carboxylic acids is 1. The highest BCUT2D eigenvalue weighted by molar-refractivity contribution is 7.98. The largest absolute Gasteiger partial charge is 0.476 e. The Morgan fingerprint density at radius 3 is 2.59 bits per heavy atom. The van der Waals surface area contributed by atoms with Crippen LogP contribution in [0.4, 0.5) is 15.8 Å². The molecule has 3 rings (SSSR count). The molecule has 0 aromatic heterocycles. The first kappa shape index (κ1) is 24.1. The molecule has 0 unspecified atom stereocenters. The van der Waals surface area contributed by atoms with E-state index >= 15 is 0 Å². The van der Waals surface area contributed by atoms with Crippen molar-refractivity contribution in [3.63, 3.8) is 0 Å². The molecule has 1 aliphatic heterocycles. The van der Waals surface area contributed by atoms with Crippen LogP contribution in [0.3, 0.4) is 0 Å². The highest BCUT2D eigenvalue weighted by atomic mass is 32.2. The van der Waals surface area contributed by atoms with Crippen molar-refractivity contribution < 1.29 is 27.4 Å². The van der Waals surface area contributed by atoms with Gasteiger partial charge in [0.25, 0.3) is 0 Å². The van der Waals surface area contributed by atoms with E-state index in [4.69, 9.17) is 9.84 Å². The zero-order chi connectivity index (χ0) is 23.5. The van der Waals surface area contributed by atoms with Gasteiger partial charge in [0.05, 0.1) is 21.2 Å². The van der Waals surface area contributed by atoms with Crippen LogP contribution in [0, 0.1) is 5.41 Å². The molecule has 2 aromatic rings. The Kier molecular flexibility index (Phi) is 7.19. The fourth-order valence-electron chi connectivity index (χ4n) is 4.05. The average molecular weight is 480 g/mol. The minimum absolute atomic E-state index is 0.0401. The lowest BCUT2D eigenvalue weighted by Gasteiger charge is -2.34. The van der Waals surface area contributed by atoms with Gasteiger partial charge >= 0.3 is 5.97 Å². The van der Waals surface area contributed by atoms with Gasteiger partial charge in [0.15, 0.2) is 9.84 Å². The summed E-state index contributed by atoms with van der Waals surface area (Å²) in [5, 5.41) is 8.74. The number of carbonyl (C=O) groups is 1. The lowest BCUT2D eigenvalue weighted by molar-refractivity contribution is -0.134. The number of rotatable bonds is 7. The van der Waals surface area contributed by atoms with Crippen LogP contribution in [0.2, 0.25) is 0 Å². The number of sulfone groups is 1. The maximum atomic E-state index is 13.5. The summed E-state index contributed by atoms with van der Waals surface area (Å²) < 4.78 is 45.7. The molecule has 0 aliphatic carbocycles. The summed E-state index contributed by atoms with van der Waals surface area (Å²) in [4.78, 5) is 13.4. The van der Waals surface area contributed by atoms with Crippen LogP contribution in [0.25, 0.3) is 0 Å². The highest BCUT2D eigenvalue weighted by Gasteiger charge is 2.40. The first-order chi connectivity index (χ1) is 15.1. The zero-order valence-electron chi connectivity index (χ0n) is 18.2. The number of hydrogen-bond acceptors (Lipinski definition) is 6. The van der Waals surface area contributed by atoms with Crippen LogP contribution in [-0.2, 0) is 14.6 Å². The van der Waals surface area contributed by atoms with Gasteiger partial charge in [-0.2, -0.15) is 4.39 Å². The minimum Gasteiger partial charge on any atom is -0.476 e. The van der Waals surface area contributed by atoms with Crippen LogP contribution in [0.15, 0.2) is 64.3 Å². The van der Waals surface area contributed by atoms with E-state index in [1.54, 1.807) is 12.3 Å². The fraction of sp³-hybridized carbons (Fsp3) is 0.348. The summed E-state index contributed by atoms with van der Waals surface area (Å²) in [5.41, 5.74) is 0.902. The number of anilines is 2. The van der Waals surface area contributed by atoms with Crippen LogP contribution < -0.4 is 9.64 Å². The van der Waals surface area contributed by atoms with E-state index in [2.05, 4.69) is 0 Å². The average Bonchev–Trinajstić information content (AvgIpc) is 2.83. The topological polar surface area (TPSA) is 83.9 Å². The Morgan fingerprint density at radius 2 is 2.00 bits per heavy atom. The van der Waals surface area contributed by atoms with Gasteiger partial charge in [-0.15, -0.1) is 11.8 Å². The van der Waals surface area contributed by atoms with Gasteiger partial charge in [-0.25, -0.2) is 13.2 Å². The van der Waals surface area contributed by atoms with Gasteiger partial charge in [0.2, 0.25) is 5.83 Å². The van der Waals surface area contributed by atoms with E-state index < -0.39 is 27.0 Å². The normalized spacial score (nSPS) is 20.4. The smallest absolute Gasteiger partial charge is 0.368 e. The molecule has 6 nitrogen and oxygen atoms in total.